The molecule has 0 atom stereocenters. The van der Waals surface area contributed by atoms with E-state index in [0.29, 0.717) is 11.6 Å². The van der Waals surface area contributed by atoms with E-state index in [9.17, 15) is 14.0 Å². The maximum Gasteiger partial charge on any atom is 0.322 e. The summed E-state index contributed by atoms with van der Waals surface area (Å²) in [7, 11) is 3.08. The number of anilines is 2. The normalized spacial score (nSPS) is 11.2. The third-order valence-electron chi connectivity index (χ3n) is 5.36. The number of hydrogen-bond donors (Lipinski definition) is 2. The zero-order valence-electron chi connectivity index (χ0n) is 21.2. The average Bonchev–Trinajstić information content (AvgIpc) is 3.27. The first-order valence-corrected chi connectivity index (χ1v) is 11.5. The fraction of sp³-hybridized carbons (Fsp3) is 0.346. The lowest BCUT2D eigenvalue weighted by Gasteiger charge is -2.22. The first-order chi connectivity index (χ1) is 17.1. The van der Waals surface area contributed by atoms with Crippen molar-refractivity contribution in [3.05, 3.63) is 66.1 Å². The number of nitrogens with zero attached hydrogens (tertiary/aromatic N) is 3. The number of methoxy groups -OCH3 is 2. The summed E-state index contributed by atoms with van der Waals surface area (Å²) in [5.41, 5.74) is 1.27. The predicted molar refractivity (Wildman–Crippen MR) is 136 cm³/mol. The predicted octanol–water partition coefficient (Wildman–Crippen LogP) is 4.44. The summed E-state index contributed by atoms with van der Waals surface area (Å²) in [6.45, 7) is 6.14. The van der Waals surface area contributed by atoms with Gasteiger partial charge in [-0.05, 0) is 36.4 Å². The summed E-state index contributed by atoms with van der Waals surface area (Å²) in [6.07, 6.45) is 0. The molecule has 192 valence electrons. The number of benzene rings is 2. The molecule has 9 nitrogen and oxygen atoms in total. The maximum absolute atomic E-state index is 14.0. The minimum atomic E-state index is -0.619. The molecular weight excluding hydrogens is 465 g/mol. The number of amides is 3. The Morgan fingerprint density at radius 3 is 2.36 bits per heavy atom. The van der Waals surface area contributed by atoms with Crippen LogP contribution in [-0.2, 0) is 14.9 Å². The topological polar surface area (TPSA) is 97.7 Å². The Labute approximate surface area is 210 Å². The quantitative estimate of drug-likeness (QED) is 0.456. The third-order valence-corrected chi connectivity index (χ3v) is 5.36. The van der Waals surface area contributed by atoms with Gasteiger partial charge >= 0.3 is 6.03 Å². The molecule has 3 rings (SSSR count). The lowest BCUT2D eigenvalue weighted by atomic mass is 9.92. The van der Waals surface area contributed by atoms with Crippen LogP contribution in [0.15, 0.2) is 54.6 Å². The lowest BCUT2D eigenvalue weighted by molar-refractivity contribution is -0.116. The molecule has 0 saturated heterocycles. The van der Waals surface area contributed by atoms with E-state index >= 15 is 0 Å². The van der Waals surface area contributed by atoms with Gasteiger partial charge in [-0.2, -0.15) is 5.10 Å². The van der Waals surface area contributed by atoms with Crippen molar-refractivity contribution in [3.8, 4) is 11.4 Å². The number of carbonyl (C=O) groups is 2. The van der Waals surface area contributed by atoms with Crippen LogP contribution >= 0.6 is 0 Å². The van der Waals surface area contributed by atoms with Gasteiger partial charge < -0.3 is 25.0 Å². The molecule has 0 spiro atoms. The van der Waals surface area contributed by atoms with Crippen LogP contribution in [0.5, 0.6) is 5.75 Å². The summed E-state index contributed by atoms with van der Waals surface area (Å²) >= 11 is 0. The summed E-state index contributed by atoms with van der Waals surface area (Å²) in [5.74, 6) is 0.142. The molecule has 1 aromatic heterocycles. The van der Waals surface area contributed by atoms with Gasteiger partial charge in [-0.1, -0.05) is 32.9 Å². The number of ether oxygens (including phenoxy) is 2. The van der Waals surface area contributed by atoms with Gasteiger partial charge in [-0.15, -0.1) is 0 Å². The van der Waals surface area contributed by atoms with Gasteiger partial charge in [0.25, 0.3) is 0 Å². The molecule has 10 heteroatoms. The third kappa shape index (κ3) is 6.82. The summed E-state index contributed by atoms with van der Waals surface area (Å²) < 4.78 is 26.0. The highest BCUT2D eigenvalue weighted by atomic mass is 19.1. The summed E-state index contributed by atoms with van der Waals surface area (Å²) in [4.78, 5) is 27.1. The Bertz CT molecular complexity index is 1190. The van der Waals surface area contributed by atoms with Crippen LogP contribution in [0, 0.1) is 5.82 Å². The molecule has 0 unspecified atom stereocenters. The van der Waals surface area contributed by atoms with Crippen molar-refractivity contribution in [1.82, 2.24) is 14.7 Å². The lowest BCUT2D eigenvalue weighted by Crippen LogP contribution is -2.42. The van der Waals surface area contributed by atoms with E-state index in [1.54, 1.807) is 36.1 Å². The fourth-order valence-electron chi connectivity index (χ4n) is 3.32. The Balaban J connectivity index is 1.81. The summed E-state index contributed by atoms with van der Waals surface area (Å²) in [6, 6.07) is 14.3. The van der Waals surface area contributed by atoms with Crippen LogP contribution in [-0.4, -0.2) is 60.5 Å². The molecule has 0 aliphatic heterocycles. The molecular formula is C26H32FN5O4. The van der Waals surface area contributed by atoms with Gasteiger partial charge in [0, 0.05) is 25.1 Å². The van der Waals surface area contributed by atoms with Gasteiger partial charge in [0.05, 0.1) is 30.8 Å². The smallest absolute Gasteiger partial charge is 0.322 e. The van der Waals surface area contributed by atoms with Gasteiger partial charge in [0.15, 0.2) is 0 Å². The first-order valence-electron chi connectivity index (χ1n) is 11.5. The molecule has 0 saturated carbocycles. The zero-order chi connectivity index (χ0) is 26.3. The fourth-order valence-corrected chi connectivity index (χ4v) is 3.32. The number of aromatic nitrogens is 2. The Morgan fingerprint density at radius 2 is 1.75 bits per heavy atom. The van der Waals surface area contributed by atoms with E-state index in [-0.39, 0.29) is 30.8 Å². The van der Waals surface area contributed by atoms with E-state index in [4.69, 9.17) is 14.6 Å². The maximum atomic E-state index is 14.0. The number of halogens is 1. The standard InChI is InChI=1S/C26H32FN5O4/c1-26(2,3)22-16-23(32(30-22)18-10-12-19(36-5)13-11-18)29-24(33)17-31(14-15-35-4)25(34)28-21-9-7-6-8-20(21)27/h6-13,16H,14-15,17H2,1-5H3,(H,28,34)(H,29,33). The molecule has 3 aromatic rings. The van der Waals surface area contributed by atoms with Crippen LogP contribution in [0.3, 0.4) is 0 Å². The van der Waals surface area contributed by atoms with Crippen molar-refractivity contribution in [2.24, 2.45) is 0 Å². The van der Waals surface area contributed by atoms with Gasteiger partial charge in [-0.3, -0.25) is 4.79 Å². The van der Waals surface area contributed by atoms with Crippen LogP contribution in [0.25, 0.3) is 5.69 Å². The molecule has 2 N–H and O–H groups in total. The molecule has 1 heterocycles. The molecule has 36 heavy (non-hydrogen) atoms. The number of carbonyl (C=O) groups excluding carboxylic acids is 2. The highest BCUT2D eigenvalue weighted by Crippen LogP contribution is 2.27. The van der Waals surface area contributed by atoms with Crippen molar-refractivity contribution < 1.29 is 23.5 Å². The number of hydrogen-bond acceptors (Lipinski definition) is 5. The average molecular weight is 498 g/mol. The number of rotatable bonds is 9. The van der Waals surface area contributed by atoms with Crippen molar-refractivity contribution in [1.29, 1.82) is 0 Å². The van der Waals surface area contributed by atoms with Crippen molar-refractivity contribution >= 4 is 23.4 Å². The van der Waals surface area contributed by atoms with Crippen LogP contribution in [0.2, 0.25) is 0 Å². The van der Waals surface area contributed by atoms with Crippen LogP contribution in [0.1, 0.15) is 26.5 Å². The Kier molecular flexibility index (Phi) is 8.65. The number of urea groups is 1. The van der Waals surface area contributed by atoms with E-state index in [2.05, 4.69) is 10.6 Å². The van der Waals surface area contributed by atoms with Crippen LogP contribution < -0.4 is 15.4 Å². The van der Waals surface area contributed by atoms with E-state index in [1.807, 2.05) is 32.9 Å². The SMILES string of the molecule is COCCN(CC(=O)Nc1cc(C(C)(C)C)nn1-c1ccc(OC)cc1)C(=O)Nc1ccccc1F. The Hall–Kier alpha value is -3.92. The molecule has 3 amide bonds. The minimum absolute atomic E-state index is 0.0257. The number of nitrogens with one attached hydrogen (secondary N) is 2. The summed E-state index contributed by atoms with van der Waals surface area (Å²) in [5, 5.41) is 10.1. The molecule has 2 aromatic carbocycles. The first kappa shape index (κ1) is 26.7. The molecule has 0 radical (unpaired) electrons. The van der Waals surface area contributed by atoms with Gasteiger partial charge in [0.2, 0.25) is 5.91 Å². The molecule has 0 bridgehead atoms. The van der Waals surface area contributed by atoms with Crippen molar-refractivity contribution in [2.45, 2.75) is 26.2 Å². The van der Waals surface area contributed by atoms with E-state index < -0.39 is 17.8 Å². The minimum Gasteiger partial charge on any atom is -0.497 e. The largest absolute Gasteiger partial charge is 0.497 e. The monoisotopic (exact) mass is 497 g/mol. The molecule has 0 aliphatic carbocycles. The van der Waals surface area contributed by atoms with Crippen molar-refractivity contribution in [3.63, 3.8) is 0 Å². The second-order valence-electron chi connectivity index (χ2n) is 9.15. The molecule has 0 aliphatic rings. The molecule has 0 fully saturated rings. The highest BCUT2D eigenvalue weighted by molar-refractivity contribution is 5.96. The zero-order valence-corrected chi connectivity index (χ0v) is 21.2. The second-order valence-corrected chi connectivity index (χ2v) is 9.15. The van der Waals surface area contributed by atoms with E-state index in [1.165, 1.54) is 30.2 Å². The van der Waals surface area contributed by atoms with Crippen molar-refractivity contribution in [2.75, 3.05) is 44.5 Å². The van der Waals surface area contributed by atoms with Gasteiger partial charge in [0.1, 0.15) is 23.9 Å². The number of para-hydroxylation sites is 1. The van der Waals surface area contributed by atoms with Gasteiger partial charge in [-0.25, -0.2) is 13.9 Å². The Morgan fingerprint density at radius 1 is 1.06 bits per heavy atom. The second kappa shape index (κ2) is 11.7. The highest BCUT2D eigenvalue weighted by Gasteiger charge is 2.23. The van der Waals surface area contributed by atoms with E-state index in [0.717, 1.165) is 11.4 Å². The van der Waals surface area contributed by atoms with Crippen LogP contribution in [0.4, 0.5) is 20.7 Å².